The maximum atomic E-state index is 12.8. The molecule has 6 nitrogen and oxygen atoms in total. The first-order valence-corrected chi connectivity index (χ1v) is 9.96. The van der Waals surface area contributed by atoms with Crippen molar-refractivity contribution in [1.82, 2.24) is 20.2 Å². The Morgan fingerprint density at radius 3 is 2.77 bits per heavy atom. The standard InChI is InChI=1S/C22H24F2N4O2/c1-30-19-5-3-2-4-15(19)13-28-10-8-16(9-11-28)25-22(29)14-6-7-17-18(12-14)27-21(26-17)20(23)24/h2-7,12,16,20H,8-11,13H2,1H3,(H,25,29)(H,26,27). The van der Waals surface area contributed by atoms with E-state index in [1.165, 1.54) is 0 Å². The van der Waals surface area contributed by atoms with Crippen molar-refractivity contribution in [2.75, 3.05) is 20.2 Å². The van der Waals surface area contributed by atoms with E-state index in [4.69, 9.17) is 4.74 Å². The van der Waals surface area contributed by atoms with E-state index in [0.29, 0.717) is 16.6 Å². The SMILES string of the molecule is COc1ccccc1CN1CCC(NC(=O)c2ccc3nc(C(F)F)[nH]c3c2)CC1. The number of aromatic amines is 1. The normalized spacial score (nSPS) is 15.6. The van der Waals surface area contributed by atoms with E-state index < -0.39 is 6.43 Å². The Balaban J connectivity index is 1.33. The average molecular weight is 414 g/mol. The van der Waals surface area contributed by atoms with Crippen molar-refractivity contribution in [3.8, 4) is 5.75 Å². The number of methoxy groups -OCH3 is 1. The van der Waals surface area contributed by atoms with E-state index in [2.05, 4.69) is 26.3 Å². The predicted molar refractivity (Wildman–Crippen MR) is 110 cm³/mol. The van der Waals surface area contributed by atoms with Gasteiger partial charge in [0.2, 0.25) is 0 Å². The highest BCUT2D eigenvalue weighted by Crippen LogP contribution is 2.23. The van der Waals surface area contributed by atoms with Crippen LogP contribution >= 0.6 is 0 Å². The second kappa shape index (κ2) is 8.79. The van der Waals surface area contributed by atoms with Gasteiger partial charge in [-0.05, 0) is 37.1 Å². The molecule has 0 atom stereocenters. The summed E-state index contributed by atoms with van der Waals surface area (Å²) in [5, 5.41) is 3.06. The van der Waals surface area contributed by atoms with Gasteiger partial charge in [0, 0.05) is 36.8 Å². The van der Waals surface area contributed by atoms with Crippen LogP contribution in [-0.2, 0) is 6.54 Å². The van der Waals surface area contributed by atoms with Gasteiger partial charge in [-0.2, -0.15) is 0 Å². The molecule has 2 aromatic carbocycles. The molecule has 0 unspecified atom stereocenters. The molecule has 0 saturated carbocycles. The Morgan fingerprint density at radius 1 is 1.27 bits per heavy atom. The van der Waals surface area contributed by atoms with Crippen molar-refractivity contribution in [1.29, 1.82) is 0 Å². The molecule has 0 aliphatic carbocycles. The number of nitrogens with zero attached hydrogens (tertiary/aromatic N) is 2. The summed E-state index contributed by atoms with van der Waals surface area (Å²) in [5.74, 6) is 0.301. The number of hydrogen-bond acceptors (Lipinski definition) is 4. The van der Waals surface area contributed by atoms with Crippen LogP contribution < -0.4 is 10.1 Å². The van der Waals surface area contributed by atoms with Gasteiger partial charge < -0.3 is 15.0 Å². The molecule has 0 bridgehead atoms. The van der Waals surface area contributed by atoms with Gasteiger partial charge in [-0.25, -0.2) is 13.8 Å². The van der Waals surface area contributed by atoms with Crippen LogP contribution in [0.3, 0.4) is 0 Å². The number of halogens is 2. The highest BCUT2D eigenvalue weighted by Gasteiger charge is 2.22. The zero-order valence-electron chi connectivity index (χ0n) is 16.7. The highest BCUT2D eigenvalue weighted by atomic mass is 19.3. The maximum Gasteiger partial charge on any atom is 0.295 e. The number of rotatable bonds is 6. The van der Waals surface area contributed by atoms with Crippen LogP contribution in [0.15, 0.2) is 42.5 Å². The van der Waals surface area contributed by atoms with Gasteiger partial charge in [0.05, 0.1) is 18.1 Å². The van der Waals surface area contributed by atoms with Gasteiger partial charge in [0.25, 0.3) is 12.3 Å². The van der Waals surface area contributed by atoms with Crippen LogP contribution in [-0.4, -0.2) is 47.0 Å². The maximum absolute atomic E-state index is 12.8. The molecule has 158 valence electrons. The van der Waals surface area contributed by atoms with Crippen molar-refractivity contribution >= 4 is 16.9 Å². The Hall–Kier alpha value is -3.00. The molecule has 1 amide bonds. The van der Waals surface area contributed by atoms with E-state index in [-0.39, 0.29) is 17.8 Å². The zero-order chi connectivity index (χ0) is 21.1. The Bertz CT molecular complexity index is 1030. The molecule has 1 saturated heterocycles. The minimum absolute atomic E-state index is 0.0838. The molecule has 0 radical (unpaired) electrons. The van der Waals surface area contributed by atoms with Gasteiger partial charge in [0.1, 0.15) is 5.75 Å². The molecule has 0 spiro atoms. The number of likely N-dealkylation sites (tertiary alicyclic amines) is 1. The Labute approximate surface area is 173 Å². The second-order valence-electron chi connectivity index (χ2n) is 7.49. The smallest absolute Gasteiger partial charge is 0.295 e. The quantitative estimate of drug-likeness (QED) is 0.642. The van der Waals surface area contributed by atoms with E-state index in [1.54, 1.807) is 25.3 Å². The number of para-hydroxylation sites is 1. The monoisotopic (exact) mass is 414 g/mol. The molecule has 4 rings (SSSR count). The molecule has 1 aliphatic heterocycles. The largest absolute Gasteiger partial charge is 0.496 e. The van der Waals surface area contributed by atoms with Crippen molar-refractivity contribution in [3.63, 3.8) is 0 Å². The fourth-order valence-corrected chi connectivity index (χ4v) is 3.85. The first-order valence-electron chi connectivity index (χ1n) is 9.96. The number of aromatic nitrogens is 2. The number of alkyl halides is 2. The summed E-state index contributed by atoms with van der Waals surface area (Å²) in [5.41, 5.74) is 2.44. The summed E-state index contributed by atoms with van der Waals surface area (Å²) in [6, 6.07) is 12.8. The summed E-state index contributed by atoms with van der Waals surface area (Å²) in [7, 11) is 1.68. The summed E-state index contributed by atoms with van der Waals surface area (Å²) in [4.78, 5) is 21.4. The first kappa shape index (κ1) is 20.3. The van der Waals surface area contributed by atoms with Crippen LogP contribution in [0.25, 0.3) is 11.0 Å². The molecule has 3 aromatic rings. The van der Waals surface area contributed by atoms with Gasteiger partial charge in [-0.1, -0.05) is 18.2 Å². The van der Waals surface area contributed by atoms with Gasteiger partial charge in [-0.15, -0.1) is 0 Å². The lowest BCUT2D eigenvalue weighted by Crippen LogP contribution is -2.44. The number of amides is 1. The van der Waals surface area contributed by atoms with Gasteiger partial charge in [0.15, 0.2) is 5.82 Å². The number of imidazole rings is 1. The Morgan fingerprint density at radius 2 is 2.03 bits per heavy atom. The van der Waals surface area contributed by atoms with Crippen LogP contribution in [0.5, 0.6) is 5.75 Å². The average Bonchev–Trinajstić information content (AvgIpc) is 3.19. The number of hydrogen-bond donors (Lipinski definition) is 2. The highest BCUT2D eigenvalue weighted by molar-refractivity contribution is 5.97. The van der Waals surface area contributed by atoms with Crippen molar-refractivity contribution in [2.24, 2.45) is 0 Å². The number of fused-ring (bicyclic) bond motifs is 1. The number of H-pyrrole nitrogens is 1. The number of nitrogens with one attached hydrogen (secondary N) is 2. The molecule has 1 aromatic heterocycles. The summed E-state index contributed by atoms with van der Waals surface area (Å²) in [6.07, 6.45) is -0.971. The third-order valence-electron chi connectivity index (χ3n) is 5.48. The summed E-state index contributed by atoms with van der Waals surface area (Å²) < 4.78 is 31.0. The predicted octanol–water partition coefficient (Wildman–Crippen LogP) is 3.90. The fourth-order valence-electron chi connectivity index (χ4n) is 3.85. The van der Waals surface area contributed by atoms with E-state index >= 15 is 0 Å². The number of benzene rings is 2. The van der Waals surface area contributed by atoms with Crippen LogP contribution in [0, 0.1) is 0 Å². The molecule has 1 aliphatic rings. The molecule has 8 heteroatoms. The van der Waals surface area contributed by atoms with E-state index in [1.807, 2.05) is 18.2 Å². The second-order valence-corrected chi connectivity index (χ2v) is 7.49. The topological polar surface area (TPSA) is 70.2 Å². The molecular formula is C22H24F2N4O2. The fraction of sp³-hybridized carbons (Fsp3) is 0.364. The van der Waals surface area contributed by atoms with Crippen molar-refractivity contribution in [2.45, 2.75) is 31.9 Å². The number of carbonyl (C=O) groups is 1. The van der Waals surface area contributed by atoms with E-state index in [9.17, 15) is 13.6 Å². The lowest BCUT2D eigenvalue weighted by Gasteiger charge is -2.32. The molecule has 1 fully saturated rings. The third kappa shape index (κ3) is 4.43. The summed E-state index contributed by atoms with van der Waals surface area (Å²) >= 11 is 0. The minimum Gasteiger partial charge on any atom is -0.496 e. The summed E-state index contributed by atoms with van der Waals surface area (Å²) in [6.45, 7) is 2.56. The molecular weight excluding hydrogens is 390 g/mol. The number of ether oxygens (including phenoxy) is 1. The Kier molecular flexibility index (Phi) is 5.94. The minimum atomic E-state index is -2.67. The number of piperidine rings is 1. The third-order valence-corrected chi connectivity index (χ3v) is 5.48. The first-order chi connectivity index (χ1) is 14.5. The lowest BCUT2D eigenvalue weighted by molar-refractivity contribution is 0.0909. The van der Waals surface area contributed by atoms with Gasteiger partial charge >= 0.3 is 0 Å². The molecule has 2 heterocycles. The van der Waals surface area contributed by atoms with Crippen LogP contribution in [0.1, 0.15) is 41.0 Å². The molecule has 30 heavy (non-hydrogen) atoms. The van der Waals surface area contributed by atoms with Crippen molar-refractivity contribution in [3.05, 3.63) is 59.4 Å². The van der Waals surface area contributed by atoms with E-state index in [0.717, 1.165) is 43.8 Å². The van der Waals surface area contributed by atoms with Gasteiger partial charge in [-0.3, -0.25) is 9.69 Å². The van der Waals surface area contributed by atoms with Crippen molar-refractivity contribution < 1.29 is 18.3 Å². The molecule has 2 N–H and O–H groups in total. The van der Waals surface area contributed by atoms with Crippen LogP contribution in [0.2, 0.25) is 0 Å². The lowest BCUT2D eigenvalue weighted by atomic mass is 10.0. The zero-order valence-corrected chi connectivity index (χ0v) is 16.7. The number of carbonyl (C=O) groups excluding carboxylic acids is 1. The van der Waals surface area contributed by atoms with Crippen LogP contribution in [0.4, 0.5) is 8.78 Å².